The molecule has 2 aromatic rings. The zero-order chi connectivity index (χ0) is 12.1. The number of furan rings is 1. The van der Waals surface area contributed by atoms with Crippen LogP contribution in [0.5, 0.6) is 0 Å². The molecule has 17 heavy (non-hydrogen) atoms. The molecule has 0 unspecified atom stereocenters. The van der Waals surface area contributed by atoms with Gasteiger partial charge in [-0.2, -0.15) is 0 Å². The fraction of sp³-hybridized carbons (Fsp3) is 0.417. The van der Waals surface area contributed by atoms with Gasteiger partial charge in [0.15, 0.2) is 0 Å². The van der Waals surface area contributed by atoms with Crippen molar-refractivity contribution in [3.63, 3.8) is 0 Å². The predicted octanol–water partition coefficient (Wildman–Crippen LogP) is 2.34. The van der Waals surface area contributed by atoms with E-state index in [1.165, 1.54) is 0 Å². The second-order valence-corrected chi connectivity index (χ2v) is 4.75. The van der Waals surface area contributed by atoms with Gasteiger partial charge in [-0.3, -0.25) is 0 Å². The summed E-state index contributed by atoms with van der Waals surface area (Å²) >= 11 is 1.59. The van der Waals surface area contributed by atoms with Crippen LogP contribution in [0.1, 0.15) is 30.9 Å². The van der Waals surface area contributed by atoms with E-state index in [1.807, 2.05) is 17.8 Å². The maximum Gasteiger partial charge on any atom is 0.132 e. The minimum Gasteiger partial charge on any atom is -0.467 e. The van der Waals surface area contributed by atoms with Gasteiger partial charge in [0.1, 0.15) is 11.9 Å². The van der Waals surface area contributed by atoms with Crippen LogP contribution < -0.4 is 5.32 Å². The Kier molecular flexibility index (Phi) is 4.30. The van der Waals surface area contributed by atoms with Gasteiger partial charge in [-0.1, -0.05) is 0 Å². The number of rotatable bonds is 6. The standard InChI is InChI=1S/C12H16N2O2S/c1-9(13-6-10-7-17-8-14-10)5-11(15)12-3-2-4-16-12/h2-4,7-9,11,13,15H,5-6H2,1H3/t9-,11+/m0/s1. The van der Waals surface area contributed by atoms with Gasteiger partial charge in [-0.25, -0.2) is 4.98 Å². The number of nitrogens with zero attached hydrogens (tertiary/aromatic N) is 1. The van der Waals surface area contributed by atoms with Crippen LogP contribution in [0.25, 0.3) is 0 Å². The molecule has 0 aliphatic carbocycles. The summed E-state index contributed by atoms with van der Waals surface area (Å²) < 4.78 is 5.16. The minimum absolute atomic E-state index is 0.205. The van der Waals surface area contributed by atoms with Crippen molar-refractivity contribution in [1.29, 1.82) is 0 Å². The van der Waals surface area contributed by atoms with Crippen LogP contribution in [0.4, 0.5) is 0 Å². The molecule has 0 aliphatic heterocycles. The Morgan fingerprint density at radius 1 is 1.59 bits per heavy atom. The summed E-state index contributed by atoms with van der Waals surface area (Å²) in [5, 5.41) is 15.2. The van der Waals surface area contributed by atoms with E-state index in [4.69, 9.17) is 4.42 Å². The highest BCUT2D eigenvalue weighted by Gasteiger charge is 2.14. The first kappa shape index (κ1) is 12.3. The topological polar surface area (TPSA) is 58.3 Å². The van der Waals surface area contributed by atoms with Crippen LogP contribution in [-0.2, 0) is 6.54 Å². The normalized spacial score (nSPS) is 14.7. The molecule has 0 amide bonds. The van der Waals surface area contributed by atoms with Gasteiger partial charge in [-0.05, 0) is 25.5 Å². The Labute approximate surface area is 104 Å². The van der Waals surface area contributed by atoms with Crippen molar-refractivity contribution < 1.29 is 9.52 Å². The largest absolute Gasteiger partial charge is 0.467 e. The molecule has 0 aromatic carbocycles. The lowest BCUT2D eigenvalue weighted by Gasteiger charge is -2.15. The monoisotopic (exact) mass is 252 g/mol. The fourth-order valence-electron chi connectivity index (χ4n) is 1.62. The second-order valence-electron chi connectivity index (χ2n) is 4.03. The van der Waals surface area contributed by atoms with Crippen molar-refractivity contribution >= 4 is 11.3 Å². The molecule has 0 spiro atoms. The van der Waals surface area contributed by atoms with Crippen molar-refractivity contribution in [2.45, 2.75) is 32.0 Å². The van der Waals surface area contributed by atoms with Crippen LogP contribution >= 0.6 is 11.3 Å². The number of nitrogens with one attached hydrogen (secondary N) is 1. The van der Waals surface area contributed by atoms with Crippen molar-refractivity contribution in [2.24, 2.45) is 0 Å². The van der Waals surface area contributed by atoms with Crippen molar-refractivity contribution in [1.82, 2.24) is 10.3 Å². The van der Waals surface area contributed by atoms with E-state index in [0.29, 0.717) is 12.2 Å². The first-order valence-corrected chi connectivity index (χ1v) is 6.52. The van der Waals surface area contributed by atoms with E-state index in [1.54, 1.807) is 29.7 Å². The van der Waals surface area contributed by atoms with E-state index in [0.717, 1.165) is 12.2 Å². The molecular formula is C12H16N2O2S. The van der Waals surface area contributed by atoms with Gasteiger partial charge >= 0.3 is 0 Å². The SMILES string of the molecule is C[C@@H](C[C@@H](O)c1ccco1)NCc1cscn1. The lowest BCUT2D eigenvalue weighted by molar-refractivity contribution is 0.128. The summed E-state index contributed by atoms with van der Waals surface area (Å²) in [6.07, 6.45) is 1.65. The third-order valence-electron chi connectivity index (χ3n) is 2.56. The second kappa shape index (κ2) is 5.95. The molecule has 0 fully saturated rings. The van der Waals surface area contributed by atoms with E-state index in [-0.39, 0.29) is 6.04 Å². The fourth-order valence-corrected chi connectivity index (χ4v) is 2.18. The lowest BCUT2D eigenvalue weighted by Crippen LogP contribution is -2.27. The summed E-state index contributed by atoms with van der Waals surface area (Å²) in [6.45, 7) is 2.77. The number of hydrogen-bond acceptors (Lipinski definition) is 5. The molecule has 0 saturated heterocycles. The Morgan fingerprint density at radius 3 is 3.12 bits per heavy atom. The number of aliphatic hydroxyl groups is 1. The van der Waals surface area contributed by atoms with E-state index < -0.39 is 6.10 Å². The summed E-state index contributed by atoms with van der Waals surface area (Å²) in [7, 11) is 0. The Bertz CT molecular complexity index is 414. The molecular weight excluding hydrogens is 236 g/mol. The Hall–Kier alpha value is -1.17. The molecule has 0 saturated carbocycles. The molecule has 0 bridgehead atoms. The lowest BCUT2D eigenvalue weighted by atomic mass is 10.1. The minimum atomic E-state index is -0.553. The van der Waals surface area contributed by atoms with Gasteiger partial charge < -0.3 is 14.8 Å². The van der Waals surface area contributed by atoms with E-state index in [2.05, 4.69) is 10.3 Å². The molecule has 0 aliphatic rings. The van der Waals surface area contributed by atoms with E-state index in [9.17, 15) is 5.11 Å². The molecule has 2 heterocycles. The maximum atomic E-state index is 9.89. The summed E-state index contributed by atoms with van der Waals surface area (Å²) in [6, 6.07) is 3.78. The van der Waals surface area contributed by atoms with Gasteiger partial charge in [-0.15, -0.1) is 11.3 Å². The number of aliphatic hydroxyl groups excluding tert-OH is 1. The quantitative estimate of drug-likeness (QED) is 0.828. The van der Waals surface area contributed by atoms with Crippen LogP contribution in [0.15, 0.2) is 33.7 Å². The average molecular weight is 252 g/mol. The van der Waals surface area contributed by atoms with Crippen LogP contribution in [0.2, 0.25) is 0 Å². The molecule has 2 atom stereocenters. The third kappa shape index (κ3) is 3.66. The van der Waals surface area contributed by atoms with Crippen LogP contribution in [0.3, 0.4) is 0 Å². The van der Waals surface area contributed by atoms with Gasteiger partial charge in [0.2, 0.25) is 0 Å². The summed E-state index contributed by atoms with van der Waals surface area (Å²) in [5.41, 5.74) is 2.86. The van der Waals surface area contributed by atoms with E-state index >= 15 is 0 Å². The molecule has 2 rings (SSSR count). The average Bonchev–Trinajstić information content (AvgIpc) is 2.99. The molecule has 2 aromatic heterocycles. The van der Waals surface area contributed by atoms with Crippen molar-refractivity contribution in [2.75, 3.05) is 0 Å². The highest BCUT2D eigenvalue weighted by Crippen LogP contribution is 2.18. The summed E-state index contributed by atoms with van der Waals surface area (Å²) in [5.74, 6) is 0.618. The van der Waals surface area contributed by atoms with Crippen LogP contribution in [0, 0.1) is 0 Å². The number of aromatic nitrogens is 1. The number of hydrogen-bond donors (Lipinski definition) is 2. The zero-order valence-electron chi connectivity index (χ0n) is 9.67. The maximum absolute atomic E-state index is 9.89. The summed E-state index contributed by atoms with van der Waals surface area (Å²) in [4.78, 5) is 4.19. The molecule has 4 nitrogen and oxygen atoms in total. The Balaban J connectivity index is 1.75. The van der Waals surface area contributed by atoms with Crippen molar-refractivity contribution in [3.05, 3.63) is 40.7 Å². The number of thiazole rings is 1. The Morgan fingerprint density at radius 2 is 2.47 bits per heavy atom. The highest BCUT2D eigenvalue weighted by molar-refractivity contribution is 7.07. The van der Waals surface area contributed by atoms with Crippen molar-refractivity contribution in [3.8, 4) is 0 Å². The third-order valence-corrected chi connectivity index (χ3v) is 3.20. The molecule has 0 radical (unpaired) electrons. The van der Waals surface area contributed by atoms with Gasteiger partial charge in [0.05, 0.1) is 17.5 Å². The predicted molar refractivity (Wildman–Crippen MR) is 66.7 cm³/mol. The molecule has 5 heteroatoms. The first-order chi connectivity index (χ1) is 8.25. The molecule has 2 N–H and O–H groups in total. The zero-order valence-corrected chi connectivity index (χ0v) is 10.5. The van der Waals surface area contributed by atoms with Gasteiger partial charge in [0.25, 0.3) is 0 Å². The van der Waals surface area contributed by atoms with Crippen LogP contribution in [-0.4, -0.2) is 16.1 Å². The molecule has 92 valence electrons. The highest BCUT2D eigenvalue weighted by atomic mass is 32.1. The smallest absolute Gasteiger partial charge is 0.132 e. The first-order valence-electron chi connectivity index (χ1n) is 5.57. The van der Waals surface area contributed by atoms with Gasteiger partial charge in [0, 0.05) is 18.0 Å².